The van der Waals surface area contributed by atoms with Crippen LogP contribution in [0.1, 0.15) is 36.7 Å². The number of aryl methyl sites for hydroxylation is 1. The minimum atomic E-state index is -0.120. The van der Waals surface area contributed by atoms with Crippen LogP contribution in [0.3, 0.4) is 0 Å². The molecule has 2 heterocycles. The van der Waals surface area contributed by atoms with Crippen LogP contribution >= 0.6 is 11.6 Å². The van der Waals surface area contributed by atoms with Gasteiger partial charge in [-0.15, -0.1) is 0 Å². The lowest BCUT2D eigenvalue weighted by molar-refractivity contribution is -0.116. The minimum Gasteiger partial charge on any atom is -0.492 e. The summed E-state index contributed by atoms with van der Waals surface area (Å²) in [5.74, 6) is 0.872. The van der Waals surface area contributed by atoms with Gasteiger partial charge >= 0.3 is 0 Å². The number of rotatable bonds is 12. The van der Waals surface area contributed by atoms with Crippen molar-refractivity contribution in [2.75, 3.05) is 37.9 Å². The van der Waals surface area contributed by atoms with Crippen molar-refractivity contribution in [2.45, 2.75) is 33.3 Å². The van der Waals surface area contributed by atoms with Crippen molar-refractivity contribution in [3.8, 4) is 17.6 Å². The van der Waals surface area contributed by atoms with Gasteiger partial charge in [-0.2, -0.15) is 5.26 Å². The first-order chi connectivity index (χ1) is 19.8. The zero-order valence-electron chi connectivity index (χ0n) is 23.5. The smallest absolute Gasteiger partial charge is 0.224 e. The summed E-state index contributed by atoms with van der Waals surface area (Å²) in [6.45, 7) is 5.18. The average Bonchev–Trinajstić information content (AvgIpc) is 2.94. The number of carbonyl (C=O) groups is 1. The van der Waals surface area contributed by atoms with Gasteiger partial charge in [0.05, 0.1) is 51.7 Å². The number of nitriles is 1. The van der Waals surface area contributed by atoms with Gasteiger partial charge in [0.2, 0.25) is 5.91 Å². The van der Waals surface area contributed by atoms with E-state index in [9.17, 15) is 10.1 Å². The highest BCUT2D eigenvalue weighted by Crippen LogP contribution is 2.37. The number of hydrogen-bond donors (Lipinski definition) is 2. The first kappa shape index (κ1) is 29.5. The Kier molecular flexibility index (Phi) is 9.90. The molecule has 2 aromatic carbocycles. The molecule has 0 fully saturated rings. The van der Waals surface area contributed by atoms with Crippen molar-refractivity contribution in [1.29, 1.82) is 5.26 Å². The molecule has 0 bridgehead atoms. The number of fused-ring (bicyclic) bond motifs is 1. The standard InChI is InChI=1S/C30H32ClN7O3/c1-5-40-28-13-25-23(12-26(28)37-29(39)7-6-10-38(3)4)30(20(14-32)16-35-25)36-21-8-9-27(24(31)11-21)41-18-22-17-33-19(2)15-34-22/h8-9,11-13,15-17H,5-7,10,18H2,1-4H3,(H,35,36)(H,37,39). The van der Waals surface area contributed by atoms with E-state index in [0.717, 1.165) is 18.7 Å². The maximum absolute atomic E-state index is 12.7. The second-order valence-electron chi connectivity index (χ2n) is 9.62. The lowest BCUT2D eigenvalue weighted by atomic mass is 10.1. The second-order valence-corrected chi connectivity index (χ2v) is 10.0. The quantitative estimate of drug-likeness (QED) is 0.214. The van der Waals surface area contributed by atoms with Gasteiger partial charge in [-0.1, -0.05) is 11.6 Å². The highest BCUT2D eigenvalue weighted by Gasteiger charge is 2.16. The van der Waals surface area contributed by atoms with Crippen LogP contribution in [0.5, 0.6) is 11.5 Å². The molecule has 0 unspecified atom stereocenters. The maximum atomic E-state index is 12.7. The summed E-state index contributed by atoms with van der Waals surface area (Å²) in [5.41, 5.74) is 4.13. The third-order valence-corrected chi connectivity index (χ3v) is 6.38. The fraction of sp³-hybridized carbons (Fsp3) is 0.300. The molecule has 41 heavy (non-hydrogen) atoms. The van der Waals surface area contributed by atoms with E-state index < -0.39 is 0 Å². The number of hydrogen-bond acceptors (Lipinski definition) is 9. The Morgan fingerprint density at radius 3 is 2.59 bits per heavy atom. The average molecular weight is 574 g/mol. The van der Waals surface area contributed by atoms with Crippen LogP contribution in [0.4, 0.5) is 17.1 Å². The third-order valence-electron chi connectivity index (χ3n) is 6.08. The number of pyridine rings is 1. The van der Waals surface area contributed by atoms with Gasteiger partial charge in [-0.3, -0.25) is 19.7 Å². The molecule has 1 amide bonds. The van der Waals surface area contributed by atoms with E-state index >= 15 is 0 Å². The first-order valence-electron chi connectivity index (χ1n) is 13.2. The van der Waals surface area contributed by atoms with E-state index in [1.54, 1.807) is 42.7 Å². The third kappa shape index (κ3) is 7.81. The summed E-state index contributed by atoms with van der Waals surface area (Å²) < 4.78 is 11.6. The van der Waals surface area contributed by atoms with Crippen LogP contribution in [0.15, 0.2) is 48.9 Å². The van der Waals surface area contributed by atoms with Crippen molar-refractivity contribution < 1.29 is 14.3 Å². The van der Waals surface area contributed by atoms with E-state index in [-0.39, 0.29) is 12.5 Å². The number of nitrogens with one attached hydrogen (secondary N) is 2. The number of aromatic nitrogens is 3. The molecule has 212 valence electrons. The van der Waals surface area contributed by atoms with E-state index in [1.165, 1.54) is 6.20 Å². The zero-order valence-corrected chi connectivity index (χ0v) is 24.2. The number of benzene rings is 2. The molecule has 10 nitrogen and oxygen atoms in total. The molecular weight excluding hydrogens is 542 g/mol. The number of amides is 1. The SMILES string of the molecule is CCOc1cc2ncc(C#N)c(Nc3ccc(OCc4cnc(C)cn4)c(Cl)c3)c2cc1NC(=O)CCCN(C)C. The maximum Gasteiger partial charge on any atom is 0.224 e. The largest absolute Gasteiger partial charge is 0.492 e. The number of halogens is 1. The van der Waals surface area contributed by atoms with E-state index in [4.69, 9.17) is 21.1 Å². The molecule has 0 saturated heterocycles. The van der Waals surface area contributed by atoms with Crippen molar-refractivity contribution >= 4 is 45.5 Å². The zero-order chi connectivity index (χ0) is 29.4. The molecule has 11 heteroatoms. The fourth-order valence-corrected chi connectivity index (χ4v) is 4.30. The highest BCUT2D eigenvalue weighted by atomic mass is 35.5. The molecule has 0 saturated carbocycles. The summed E-state index contributed by atoms with van der Waals surface area (Å²) in [4.78, 5) is 27.7. The van der Waals surface area contributed by atoms with Crippen LogP contribution in [0, 0.1) is 18.3 Å². The normalized spacial score (nSPS) is 10.9. The Bertz CT molecular complexity index is 1570. The predicted octanol–water partition coefficient (Wildman–Crippen LogP) is 5.86. The van der Waals surface area contributed by atoms with E-state index in [1.807, 2.05) is 32.8 Å². The second kappa shape index (κ2) is 13.7. The fourth-order valence-electron chi connectivity index (χ4n) is 4.07. The molecule has 0 spiro atoms. The predicted molar refractivity (Wildman–Crippen MR) is 160 cm³/mol. The van der Waals surface area contributed by atoms with E-state index in [2.05, 4.69) is 31.7 Å². The van der Waals surface area contributed by atoms with Gasteiger partial charge in [0.1, 0.15) is 24.2 Å². The van der Waals surface area contributed by atoms with Gasteiger partial charge in [0.15, 0.2) is 0 Å². The summed E-state index contributed by atoms with van der Waals surface area (Å²) >= 11 is 6.53. The summed E-state index contributed by atoms with van der Waals surface area (Å²) in [5, 5.41) is 17.2. The molecule has 0 aliphatic rings. The topological polar surface area (TPSA) is 125 Å². The molecule has 0 atom stereocenters. The lowest BCUT2D eigenvalue weighted by Crippen LogP contribution is -2.17. The molecule has 4 rings (SSSR count). The number of anilines is 3. The molecule has 0 radical (unpaired) electrons. The van der Waals surface area contributed by atoms with Crippen LogP contribution in [0.2, 0.25) is 5.02 Å². The molecule has 2 N–H and O–H groups in total. The van der Waals surface area contributed by atoms with E-state index in [0.29, 0.717) is 68.8 Å². The summed E-state index contributed by atoms with van der Waals surface area (Å²) in [6, 6.07) is 11.0. The van der Waals surface area contributed by atoms with Gasteiger partial charge in [0.25, 0.3) is 0 Å². The summed E-state index contributed by atoms with van der Waals surface area (Å²) in [7, 11) is 3.94. The Hall–Kier alpha value is -4.46. The van der Waals surface area contributed by atoms with Crippen molar-refractivity contribution in [2.24, 2.45) is 0 Å². The number of nitrogens with zero attached hydrogens (tertiary/aromatic N) is 5. The minimum absolute atomic E-state index is 0.120. The Morgan fingerprint density at radius 1 is 1.07 bits per heavy atom. The van der Waals surface area contributed by atoms with Gasteiger partial charge in [-0.25, -0.2) is 0 Å². The summed E-state index contributed by atoms with van der Waals surface area (Å²) in [6.07, 6.45) is 5.93. The van der Waals surface area contributed by atoms with Crippen molar-refractivity contribution in [3.63, 3.8) is 0 Å². The number of ether oxygens (including phenoxy) is 2. The lowest BCUT2D eigenvalue weighted by Gasteiger charge is -2.17. The monoisotopic (exact) mass is 573 g/mol. The van der Waals surface area contributed by atoms with Crippen LogP contribution in [-0.4, -0.2) is 53.0 Å². The van der Waals surface area contributed by atoms with Crippen LogP contribution in [0.25, 0.3) is 10.9 Å². The van der Waals surface area contributed by atoms with Gasteiger partial charge in [0, 0.05) is 36.0 Å². The molecule has 0 aliphatic carbocycles. The van der Waals surface area contributed by atoms with Gasteiger partial charge in [-0.05, 0) is 65.2 Å². The number of carbonyl (C=O) groups excluding carboxylic acids is 1. The Morgan fingerprint density at radius 2 is 1.90 bits per heavy atom. The van der Waals surface area contributed by atoms with Crippen LogP contribution < -0.4 is 20.1 Å². The Balaban J connectivity index is 1.61. The van der Waals surface area contributed by atoms with Crippen LogP contribution in [-0.2, 0) is 11.4 Å². The molecule has 2 aromatic heterocycles. The molecule has 0 aliphatic heterocycles. The van der Waals surface area contributed by atoms with Crippen molar-refractivity contribution in [1.82, 2.24) is 19.9 Å². The van der Waals surface area contributed by atoms with Gasteiger partial charge < -0.3 is 25.0 Å². The first-order valence-corrected chi connectivity index (χ1v) is 13.6. The van der Waals surface area contributed by atoms with Crippen molar-refractivity contribution in [3.05, 3.63) is 70.9 Å². The highest BCUT2D eigenvalue weighted by molar-refractivity contribution is 6.32. The Labute approximate surface area is 244 Å². The molecule has 4 aromatic rings. The molecular formula is C30H32ClN7O3.